The molecule has 0 saturated carbocycles. The Morgan fingerprint density at radius 1 is 1.36 bits per heavy atom. The average molecular weight is 191 g/mol. The first kappa shape index (κ1) is 10.8. The lowest BCUT2D eigenvalue weighted by Crippen LogP contribution is -2.33. The molecule has 2 heteroatoms. The molecule has 1 rings (SSSR count). The maximum absolute atomic E-state index is 11.1. The average Bonchev–Trinajstić information content (AvgIpc) is 2.19. The molecule has 0 fully saturated rings. The number of benzene rings is 1. The predicted molar refractivity (Wildman–Crippen MR) is 58.0 cm³/mol. The zero-order valence-electron chi connectivity index (χ0n) is 8.79. The van der Waals surface area contributed by atoms with Crippen molar-refractivity contribution in [2.45, 2.75) is 32.7 Å². The smallest absolute Gasteiger partial charge is 0.219 e. The van der Waals surface area contributed by atoms with Gasteiger partial charge in [0, 0.05) is 12.5 Å². The Kier molecular flexibility index (Phi) is 4.17. The highest BCUT2D eigenvalue weighted by atomic mass is 16.1. The fourth-order valence-electron chi connectivity index (χ4n) is 1.40. The van der Waals surface area contributed by atoms with Crippen molar-refractivity contribution in [3.05, 3.63) is 35.9 Å². The fourth-order valence-corrected chi connectivity index (χ4v) is 1.40. The zero-order chi connectivity index (χ0) is 10.4. The third kappa shape index (κ3) is 3.60. The molecule has 2 nitrogen and oxygen atoms in total. The molecule has 1 aromatic carbocycles. The van der Waals surface area contributed by atoms with Gasteiger partial charge in [0.05, 0.1) is 0 Å². The molecule has 0 aliphatic heterocycles. The number of carbonyl (C=O) groups excluding carboxylic acids is 1. The monoisotopic (exact) mass is 191 g/mol. The van der Waals surface area contributed by atoms with Gasteiger partial charge in [0.1, 0.15) is 0 Å². The molecule has 1 amide bonds. The Hall–Kier alpha value is -1.31. The van der Waals surface area contributed by atoms with E-state index in [2.05, 4.69) is 17.4 Å². The molecule has 1 unspecified atom stereocenters. The largest absolute Gasteiger partial charge is 0.353 e. The van der Waals surface area contributed by atoms with E-state index in [0.717, 1.165) is 6.42 Å². The second-order valence-electron chi connectivity index (χ2n) is 3.51. The molecular formula is C12H17NO. The van der Waals surface area contributed by atoms with Crippen molar-refractivity contribution >= 4 is 5.91 Å². The van der Waals surface area contributed by atoms with Crippen LogP contribution in [0.3, 0.4) is 0 Å². The molecule has 0 saturated heterocycles. The van der Waals surface area contributed by atoms with Crippen molar-refractivity contribution < 1.29 is 4.79 Å². The van der Waals surface area contributed by atoms with E-state index in [0.29, 0.717) is 6.42 Å². The molecule has 0 bridgehead atoms. The summed E-state index contributed by atoms with van der Waals surface area (Å²) in [7, 11) is 0. The Bertz CT molecular complexity index is 282. The van der Waals surface area contributed by atoms with Gasteiger partial charge in [-0.2, -0.15) is 0 Å². The Balaban J connectivity index is 2.41. The van der Waals surface area contributed by atoms with E-state index in [1.54, 1.807) is 0 Å². The van der Waals surface area contributed by atoms with Crippen molar-refractivity contribution in [1.29, 1.82) is 0 Å². The maximum atomic E-state index is 11.1. The molecule has 14 heavy (non-hydrogen) atoms. The molecule has 1 aromatic rings. The van der Waals surface area contributed by atoms with E-state index in [9.17, 15) is 4.79 Å². The third-order valence-corrected chi connectivity index (χ3v) is 2.11. The van der Waals surface area contributed by atoms with Gasteiger partial charge in [-0.3, -0.25) is 4.79 Å². The highest BCUT2D eigenvalue weighted by Crippen LogP contribution is 2.02. The minimum Gasteiger partial charge on any atom is -0.353 e. The van der Waals surface area contributed by atoms with Gasteiger partial charge in [-0.1, -0.05) is 37.3 Å². The van der Waals surface area contributed by atoms with E-state index in [4.69, 9.17) is 0 Å². The van der Waals surface area contributed by atoms with Crippen LogP contribution in [-0.4, -0.2) is 11.9 Å². The van der Waals surface area contributed by atoms with Crippen molar-refractivity contribution in [2.75, 3.05) is 0 Å². The van der Waals surface area contributed by atoms with Crippen LogP contribution < -0.4 is 5.32 Å². The number of carbonyl (C=O) groups is 1. The number of nitrogens with one attached hydrogen (secondary N) is 1. The number of rotatable bonds is 4. The van der Waals surface area contributed by atoms with Crippen LogP contribution in [0.4, 0.5) is 0 Å². The zero-order valence-corrected chi connectivity index (χ0v) is 8.79. The summed E-state index contributed by atoms with van der Waals surface area (Å²) in [6, 6.07) is 10.4. The summed E-state index contributed by atoms with van der Waals surface area (Å²) in [6.07, 6.45) is 1.45. The highest BCUT2D eigenvalue weighted by molar-refractivity contribution is 5.75. The Morgan fingerprint density at radius 3 is 2.57 bits per heavy atom. The van der Waals surface area contributed by atoms with Gasteiger partial charge in [-0.25, -0.2) is 0 Å². The first-order chi connectivity index (χ1) is 6.72. The van der Waals surface area contributed by atoms with Gasteiger partial charge in [0.15, 0.2) is 0 Å². The van der Waals surface area contributed by atoms with Gasteiger partial charge >= 0.3 is 0 Å². The van der Waals surface area contributed by atoms with Crippen LogP contribution in [0.2, 0.25) is 0 Å². The van der Waals surface area contributed by atoms with Crippen molar-refractivity contribution in [1.82, 2.24) is 5.32 Å². The van der Waals surface area contributed by atoms with Gasteiger partial charge in [0.25, 0.3) is 0 Å². The second-order valence-corrected chi connectivity index (χ2v) is 3.51. The van der Waals surface area contributed by atoms with Crippen molar-refractivity contribution in [3.8, 4) is 0 Å². The van der Waals surface area contributed by atoms with Crippen LogP contribution in [0.1, 0.15) is 25.8 Å². The topological polar surface area (TPSA) is 29.1 Å². The first-order valence-corrected chi connectivity index (χ1v) is 5.05. The molecule has 0 spiro atoms. The Morgan fingerprint density at radius 2 is 2.00 bits per heavy atom. The second kappa shape index (κ2) is 5.43. The molecule has 0 radical (unpaired) electrons. The fraction of sp³-hybridized carbons (Fsp3) is 0.417. The lowest BCUT2D eigenvalue weighted by atomic mass is 10.1. The van der Waals surface area contributed by atoms with Crippen molar-refractivity contribution in [2.24, 2.45) is 0 Å². The molecule has 0 aliphatic carbocycles. The summed E-state index contributed by atoms with van der Waals surface area (Å²) in [6.45, 7) is 3.89. The number of amides is 1. The quantitative estimate of drug-likeness (QED) is 0.776. The van der Waals surface area contributed by atoms with E-state index < -0.39 is 0 Å². The summed E-state index contributed by atoms with van der Waals surface area (Å²) >= 11 is 0. The summed E-state index contributed by atoms with van der Waals surface area (Å²) in [5.74, 6) is 0.119. The first-order valence-electron chi connectivity index (χ1n) is 5.05. The predicted octanol–water partition coefficient (Wildman–Crippen LogP) is 2.14. The van der Waals surface area contributed by atoms with Crippen LogP contribution in [0, 0.1) is 0 Å². The molecule has 0 aromatic heterocycles. The van der Waals surface area contributed by atoms with Gasteiger partial charge in [-0.15, -0.1) is 0 Å². The SMILES string of the molecule is CCC(=O)NC(C)Cc1ccccc1. The molecule has 76 valence electrons. The molecule has 1 N–H and O–H groups in total. The van der Waals surface area contributed by atoms with Crippen LogP contribution in [0.25, 0.3) is 0 Å². The van der Waals surface area contributed by atoms with Crippen LogP contribution >= 0.6 is 0 Å². The number of hydrogen-bond donors (Lipinski definition) is 1. The molecule has 1 atom stereocenters. The number of hydrogen-bond acceptors (Lipinski definition) is 1. The lowest BCUT2D eigenvalue weighted by Gasteiger charge is -2.12. The highest BCUT2D eigenvalue weighted by Gasteiger charge is 2.05. The van der Waals surface area contributed by atoms with Gasteiger partial charge in [0.2, 0.25) is 5.91 Å². The molecule has 0 aliphatic rings. The van der Waals surface area contributed by atoms with E-state index in [1.807, 2.05) is 32.0 Å². The van der Waals surface area contributed by atoms with Crippen LogP contribution in [-0.2, 0) is 11.2 Å². The standard InChI is InChI=1S/C12H17NO/c1-3-12(14)13-10(2)9-11-7-5-4-6-8-11/h4-8,10H,3,9H2,1-2H3,(H,13,14). The van der Waals surface area contributed by atoms with Crippen molar-refractivity contribution in [3.63, 3.8) is 0 Å². The lowest BCUT2D eigenvalue weighted by molar-refractivity contribution is -0.121. The normalized spacial score (nSPS) is 12.1. The summed E-state index contributed by atoms with van der Waals surface area (Å²) in [5, 5.41) is 2.94. The van der Waals surface area contributed by atoms with Crippen LogP contribution in [0.15, 0.2) is 30.3 Å². The Labute approximate surface area is 85.3 Å². The van der Waals surface area contributed by atoms with E-state index >= 15 is 0 Å². The summed E-state index contributed by atoms with van der Waals surface area (Å²) < 4.78 is 0. The van der Waals surface area contributed by atoms with E-state index in [-0.39, 0.29) is 11.9 Å². The third-order valence-electron chi connectivity index (χ3n) is 2.11. The molecule has 0 heterocycles. The maximum Gasteiger partial charge on any atom is 0.219 e. The summed E-state index contributed by atoms with van der Waals surface area (Å²) in [5.41, 5.74) is 1.26. The van der Waals surface area contributed by atoms with Crippen LogP contribution in [0.5, 0.6) is 0 Å². The minimum atomic E-state index is 0.119. The summed E-state index contributed by atoms with van der Waals surface area (Å²) in [4.78, 5) is 11.1. The van der Waals surface area contributed by atoms with Gasteiger partial charge < -0.3 is 5.32 Å². The van der Waals surface area contributed by atoms with E-state index in [1.165, 1.54) is 5.56 Å². The van der Waals surface area contributed by atoms with Gasteiger partial charge in [-0.05, 0) is 18.9 Å². The minimum absolute atomic E-state index is 0.119. The molecular weight excluding hydrogens is 174 g/mol.